The van der Waals surface area contributed by atoms with Gasteiger partial charge in [0.2, 0.25) is 0 Å². The predicted octanol–water partition coefficient (Wildman–Crippen LogP) is 3.51. The Kier molecular flexibility index (Phi) is 6.45. The topological polar surface area (TPSA) is 41.6 Å². The number of nitrogens with zero attached hydrogens (tertiary/aromatic N) is 1. The SMILES string of the molecule is CSCCNC1CCCC1C1CCCN1C(=O)OC(C)(C)C. The highest BCUT2D eigenvalue weighted by Gasteiger charge is 2.41. The molecule has 0 bridgehead atoms. The van der Waals surface area contributed by atoms with E-state index in [0.717, 1.165) is 31.7 Å². The van der Waals surface area contributed by atoms with Crippen LogP contribution in [0.5, 0.6) is 0 Å². The minimum Gasteiger partial charge on any atom is -0.444 e. The van der Waals surface area contributed by atoms with Gasteiger partial charge in [0.25, 0.3) is 0 Å². The Bertz CT molecular complexity index is 370. The molecule has 128 valence electrons. The smallest absolute Gasteiger partial charge is 0.410 e. The third-order valence-electron chi connectivity index (χ3n) is 4.70. The van der Waals surface area contributed by atoms with Crippen LogP contribution < -0.4 is 5.32 Å². The first-order valence-corrected chi connectivity index (χ1v) is 10.0. The number of carbonyl (C=O) groups excluding carboxylic acids is 1. The summed E-state index contributed by atoms with van der Waals surface area (Å²) in [5.41, 5.74) is -0.407. The molecule has 3 atom stereocenters. The summed E-state index contributed by atoms with van der Waals surface area (Å²) in [4.78, 5) is 14.5. The fraction of sp³-hybridized carbons (Fsp3) is 0.941. The summed E-state index contributed by atoms with van der Waals surface area (Å²) < 4.78 is 5.61. The van der Waals surface area contributed by atoms with E-state index in [1.807, 2.05) is 37.4 Å². The zero-order valence-corrected chi connectivity index (χ0v) is 15.4. The van der Waals surface area contributed by atoms with Crippen LogP contribution in [0.25, 0.3) is 0 Å². The van der Waals surface area contributed by atoms with Crippen LogP contribution in [0.1, 0.15) is 52.9 Å². The van der Waals surface area contributed by atoms with E-state index in [0.29, 0.717) is 18.0 Å². The van der Waals surface area contributed by atoms with Gasteiger partial charge in [0.05, 0.1) is 0 Å². The van der Waals surface area contributed by atoms with Gasteiger partial charge in [-0.15, -0.1) is 0 Å². The summed E-state index contributed by atoms with van der Waals surface area (Å²) in [6, 6.07) is 0.935. The number of ether oxygens (including phenoxy) is 1. The Hall–Kier alpha value is -0.420. The van der Waals surface area contributed by atoms with Gasteiger partial charge < -0.3 is 15.0 Å². The van der Waals surface area contributed by atoms with Crippen LogP contribution in [-0.4, -0.2) is 53.8 Å². The minimum atomic E-state index is -0.407. The summed E-state index contributed by atoms with van der Waals surface area (Å²) in [7, 11) is 0. The molecule has 1 aliphatic carbocycles. The van der Waals surface area contributed by atoms with Crippen LogP contribution in [-0.2, 0) is 4.74 Å². The third kappa shape index (κ3) is 4.79. The maximum atomic E-state index is 12.5. The zero-order chi connectivity index (χ0) is 16.2. The second-order valence-corrected chi connectivity index (χ2v) is 8.52. The Morgan fingerprint density at radius 3 is 2.73 bits per heavy atom. The van der Waals surface area contributed by atoms with Crippen LogP contribution in [0.2, 0.25) is 0 Å². The average molecular weight is 329 g/mol. The molecule has 1 saturated heterocycles. The van der Waals surface area contributed by atoms with Crippen LogP contribution in [0, 0.1) is 5.92 Å². The predicted molar refractivity (Wildman–Crippen MR) is 93.5 cm³/mol. The molecular formula is C17H32N2O2S. The Morgan fingerprint density at radius 2 is 2.05 bits per heavy atom. The molecule has 0 aromatic carbocycles. The van der Waals surface area contributed by atoms with Crippen molar-refractivity contribution in [3.8, 4) is 0 Å². The fourth-order valence-electron chi connectivity index (χ4n) is 3.83. The molecule has 2 rings (SSSR count). The van der Waals surface area contributed by atoms with Gasteiger partial charge in [-0.3, -0.25) is 0 Å². The number of likely N-dealkylation sites (tertiary alicyclic amines) is 1. The molecular weight excluding hydrogens is 296 g/mol. The van der Waals surface area contributed by atoms with Crippen LogP contribution >= 0.6 is 11.8 Å². The van der Waals surface area contributed by atoms with E-state index in [-0.39, 0.29) is 6.09 Å². The van der Waals surface area contributed by atoms with Gasteiger partial charge in [0.15, 0.2) is 0 Å². The van der Waals surface area contributed by atoms with Crippen molar-refractivity contribution >= 4 is 17.9 Å². The van der Waals surface area contributed by atoms with Gasteiger partial charge in [-0.05, 0) is 58.6 Å². The monoisotopic (exact) mass is 328 g/mol. The summed E-state index contributed by atoms with van der Waals surface area (Å²) in [6.45, 7) is 7.75. The van der Waals surface area contributed by atoms with E-state index >= 15 is 0 Å². The lowest BCUT2D eigenvalue weighted by Gasteiger charge is -2.34. The van der Waals surface area contributed by atoms with Crippen molar-refractivity contribution in [3.05, 3.63) is 0 Å². The maximum absolute atomic E-state index is 12.5. The molecule has 5 heteroatoms. The second kappa shape index (κ2) is 7.91. The van der Waals surface area contributed by atoms with Crippen molar-refractivity contribution in [1.82, 2.24) is 10.2 Å². The standard InChI is InChI=1S/C17H32N2O2S/c1-17(2,3)21-16(20)19-11-6-9-15(19)13-7-5-8-14(13)18-10-12-22-4/h13-15,18H,5-12H2,1-4H3. The van der Waals surface area contributed by atoms with E-state index in [2.05, 4.69) is 11.6 Å². The van der Waals surface area contributed by atoms with Gasteiger partial charge in [-0.1, -0.05) is 6.42 Å². The molecule has 0 spiro atoms. The molecule has 0 radical (unpaired) electrons. The molecule has 2 fully saturated rings. The van der Waals surface area contributed by atoms with Crippen LogP contribution in [0.4, 0.5) is 4.79 Å². The molecule has 1 heterocycles. The van der Waals surface area contributed by atoms with Crippen molar-refractivity contribution in [2.24, 2.45) is 5.92 Å². The average Bonchev–Trinajstić information content (AvgIpc) is 3.04. The second-order valence-electron chi connectivity index (χ2n) is 7.53. The first kappa shape index (κ1) is 17.9. The van der Waals surface area contributed by atoms with Crippen LogP contribution in [0.3, 0.4) is 0 Å². The first-order chi connectivity index (χ1) is 10.4. The highest BCUT2D eigenvalue weighted by molar-refractivity contribution is 7.98. The maximum Gasteiger partial charge on any atom is 0.410 e. The lowest BCUT2D eigenvalue weighted by Crippen LogP contribution is -2.47. The molecule has 2 aliphatic rings. The van der Waals surface area contributed by atoms with Gasteiger partial charge in [-0.2, -0.15) is 11.8 Å². The van der Waals surface area contributed by atoms with E-state index in [1.165, 1.54) is 19.3 Å². The highest BCUT2D eigenvalue weighted by atomic mass is 32.2. The quantitative estimate of drug-likeness (QED) is 0.784. The molecule has 1 amide bonds. The van der Waals surface area contributed by atoms with E-state index < -0.39 is 5.60 Å². The van der Waals surface area contributed by atoms with Crippen molar-refractivity contribution in [2.75, 3.05) is 25.1 Å². The van der Waals surface area contributed by atoms with Gasteiger partial charge in [-0.25, -0.2) is 4.79 Å². The molecule has 4 nitrogen and oxygen atoms in total. The fourth-order valence-corrected chi connectivity index (χ4v) is 4.16. The first-order valence-electron chi connectivity index (χ1n) is 8.64. The van der Waals surface area contributed by atoms with Crippen molar-refractivity contribution in [1.29, 1.82) is 0 Å². The van der Waals surface area contributed by atoms with Gasteiger partial charge in [0.1, 0.15) is 5.60 Å². The molecule has 1 saturated carbocycles. The molecule has 22 heavy (non-hydrogen) atoms. The Balaban J connectivity index is 1.95. The van der Waals surface area contributed by atoms with Crippen molar-refractivity contribution < 1.29 is 9.53 Å². The number of thioether (sulfide) groups is 1. The van der Waals surface area contributed by atoms with Crippen molar-refractivity contribution in [2.45, 2.75) is 70.6 Å². The molecule has 1 N–H and O–H groups in total. The minimum absolute atomic E-state index is 0.121. The van der Waals surface area contributed by atoms with Gasteiger partial charge in [0, 0.05) is 30.9 Å². The normalized spacial score (nSPS) is 29.1. The van der Waals surface area contributed by atoms with Gasteiger partial charge >= 0.3 is 6.09 Å². The molecule has 1 aliphatic heterocycles. The Labute approximate surface area is 139 Å². The summed E-state index contributed by atoms with van der Waals surface area (Å²) >= 11 is 1.88. The molecule has 3 unspecified atom stereocenters. The van der Waals surface area contributed by atoms with E-state index in [9.17, 15) is 4.79 Å². The highest BCUT2D eigenvalue weighted by Crippen LogP contribution is 2.36. The summed E-state index contributed by atoms with van der Waals surface area (Å²) in [5, 5.41) is 3.72. The number of amides is 1. The third-order valence-corrected chi connectivity index (χ3v) is 5.32. The van der Waals surface area contributed by atoms with Crippen molar-refractivity contribution in [3.63, 3.8) is 0 Å². The van der Waals surface area contributed by atoms with Crippen LogP contribution in [0.15, 0.2) is 0 Å². The van der Waals surface area contributed by atoms with E-state index in [1.54, 1.807) is 0 Å². The number of hydrogen-bond acceptors (Lipinski definition) is 4. The zero-order valence-electron chi connectivity index (χ0n) is 14.6. The largest absolute Gasteiger partial charge is 0.444 e. The number of hydrogen-bond donors (Lipinski definition) is 1. The number of nitrogens with one attached hydrogen (secondary N) is 1. The molecule has 0 aromatic rings. The Morgan fingerprint density at radius 1 is 1.27 bits per heavy atom. The lowest BCUT2D eigenvalue weighted by atomic mass is 9.92. The number of rotatable bonds is 5. The summed E-state index contributed by atoms with van der Waals surface area (Å²) in [5.74, 6) is 1.75. The number of carbonyl (C=O) groups is 1. The lowest BCUT2D eigenvalue weighted by molar-refractivity contribution is 0.0167. The van der Waals surface area contributed by atoms with E-state index in [4.69, 9.17) is 4.74 Å². The molecule has 0 aromatic heterocycles. The summed E-state index contributed by atoms with van der Waals surface area (Å²) in [6.07, 6.45) is 8.03.